The molecule has 0 heterocycles. The van der Waals surface area contributed by atoms with Gasteiger partial charge in [-0.05, 0) is 50.5 Å². The number of hydrogen-bond acceptors (Lipinski definition) is 1. The lowest BCUT2D eigenvalue weighted by atomic mass is 9.99. The molecule has 0 bridgehead atoms. The zero-order valence-corrected chi connectivity index (χ0v) is 12.6. The quantitative estimate of drug-likeness (QED) is 0.856. The van der Waals surface area contributed by atoms with Gasteiger partial charge < -0.3 is 5.32 Å². The molecule has 0 saturated heterocycles. The van der Waals surface area contributed by atoms with Crippen molar-refractivity contribution in [3.8, 4) is 0 Å². The molecule has 0 saturated carbocycles. The first-order valence-electron chi connectivity index (χ1n) is 7.03. The van der Waals surface area contributed by atoms with E-state index >= 15 is 0 Å². The Morgan fingerprint density at radius 1 is 1.05 bits per heavy atom. The summed E-state index contributed by atoms with van der Waals surface area (Å²) >= 11 is 0. The van der Waals surface area contributed by atoms with Crippen molar-refractivity contribution in [1.82, 2.24) is 5.32 Å². The van der Waals surface area contributed by atoms with Gasteiger partial charge in [0.25, 0.3) is 0 Å². The van der Waals surface area contributed by atoms with Crippen LogP contribution < -0.4 is 5.32 Å². The maximum absolute atomic E-state index is 13.7. The van der Waals surface area contributed by atoms with Crippen LogP contribution in [-0.2, 0) is 6.54 Å². The van der Waals surface area contributed by atoms with Crippen molar-refractivity contribution in [2.45, 2.75) is 40.3 Å². The number of benzene rings is 2. The number of halogens is 1. The number of nitrogens with one attached hydrogen (secondary N) is 1. The fourth-order valence-corrected chi connectivity index (χ4v) is 2.68. The summed E-state index contributed by atoms with van der Waals surface area (Å²) in [6.07, 6.45) is 0. The molecule has 106 valence electrons. The first-order valence-corrected chi connectivity index (χ1v) is 7.03. The molecular formula is C18H22FN. The van der Waals surface area contributed by atoms with Crippen molar-refractivity contribution in [3.63, 3.8) is 0 Å². The Bertz CT molecular complexity index is 581. The van der Waals surface area contributed by atoms with Gasteiger partial charge in [-0.25, -0.2) is 4.39 Å². The van der Waals surface area contributed by atoms with Gasteiger partial charge in [-0.1, -0.05) is 35.9 Å². The third-order valence-electron chi connectivity index (χ3n) is 3.80. The van der Waals surface area contributed by atoms with Crippen molar-refractivity contribution in [1.29, 1.82) is 0 Å². The Kier molecular flexibility index (Phi) is 4.56. The van der Waals surface area contributed by atoms with E-state index < -0.39 is 0 Å². The highest BCUT2D eigenvalue weighted by Gasteiger charge is 2.11. The summed E-state index contributed by atoms with van der Waals surface area (Å²) in [6.45, 7) is 9.12. The molecule has 20 heavy (non-hydrogen) atoms. The fraction of sp³-hybridized carbons (Fsp3) is 0.333. The first-order chi connectivity index (χ1) is 9.49. The van der Waals surface area contributed by atoms with Crippen LogP contribution in [0.25, 0.3) is 0 Å². The second-order valence-electron chi connectivity index (χ2n) is 5.50. The van der Waals surface area contributed by atoms with Crippen molar-refractivity contribution >= 4 is 0 Å². The van der Waals surface area contributed by atoms with E-state index in [1.54, 1.807) is 6.07 Å². The van der Waals surface area contributed by atoms with E-state index in [2.05, 4.69) is 38.2 Å². The van der Waals surface area contributed by atoms with Crippen LogP contribution in [0.3, 0.4) is 0 Å². The molecule has 1 nitrogen and oxygen atoms in total. The smallest absolute Gasteiger partial charge is 0.127 e. The zero-order valence-electron chi connectivity index (χ0n) is 12.6. The summed E-state index contributed by atoms with van der Waals surface area (Å²) in [5, 5.41) is 3.42. The van der Waals surface area contributed by atoms with Crippen molar-refractivity contribution in [2.75, 3.05) is 0 Å². The third-order valence-corrected chi connectivity index (χ3v) is 3.80. The highest BCUT2D eigenvalue weighted by Crippen LogP contribution is 2.20. The number of rotatable bonds is 4. The van der Waals surface area contributed by atoms with Gasteiger partial charge in [-0.3, -0.25) is 0 Å². The molecule has 2 aromatic carbocycles. The summed E-state index contributed by atoms with van der Waals surface area (Å²) in [7, 11) is 0. The second-order valence-corrected chi connectivity index (χ2v) is 5.50. The predicted octanol–water partition coefficient (Wildman–Crippen LogP) is 4.60. The molecule has 2 aromatic rings. The van der Waals surface area contributed by atoms with E-state index in [9.17, 15) is 4.39 Å². The molecule has 0 aliphatic heterocycles. The first kappa shape index (κ1) is 14.7. The average Bonchev–Trinajstić information content (AvgIpc) is 2.37. The van der Waals surface area contributed by atoms with Crippen LogP contribution in [0.2, 0.25) is 0 Å². The number of aryl methyl sites for hydroxylation is 3. The lowest BCUT2D eigenvalue weighted by Gasteiger charge is -2.18. The predicted molar refractivity (Wildman–Crippen MR) is 82.3 cm³/mol. The van der Waals surface area contributed by atoms with E-state index in [4.69, 9.17) is 0 Å². The maximum atomic E-state index is 13.7. The van der Waals surface area contributed by atoms with Gasteiger partial charge in [0.1, 0.15) is 5.82 Å². The van der Waals surface area contributed by atoms with Gasteiger partial charge >= 0.3 is 0 Å². The molecule has 0 aromatic heterocycles. The summed E-state index contributed by atoms with van der Waals surface area (Å²) in [5.41, 5.74) is 5.88. The normalized spacial score (nSPS) is 12.4. The summed E-state index contributed by atoms with van der Waals surface area (Å²) in [6, 6.07) is 11.3. The van der Waals surface area contributed by atoms with E-state index in [1.807, 2.05) is 19.1 Å². The number of hydrogen-bond donors (Lipinski definition) is 1. The Hall–Kier alpha value is -1.67. The largest absolute Gasteiger partial charge is 0.306 e. The highest BCUT2D eigenvalue weighted by atomic mass is 19.1. The van der Waals surface area contributed by atoms with E-state index in [-0.39, 0.29) is 11.9 Å². The molecule has 0 radical (unpaired) electrons. The van der Waals surface area contributed by atoms with E-state index in [0.717, 1.165) is 12.1 Å². The highest BCUT2D eigenvalue weighted by molar-refractivity contribution is 5.37. The fourth-order valence-electron chi connectivity index (χ4n) is 2.68. The van der Waals surface area contributed by atoms with Crippen LogP contribution in [0.15, 0.2) is 36.4 Å². The summed E-state index contributed by atoms with van der Waals surface area (Å²) in [4.78, 5) is 0. The molecule has 2 rings (SSSR count). The van der Waals surface area contributed by atoms with Crippen molar-refractivity contribution in [3.05, 3.63) is 70.0 Å². The molecule has 0 spiro atoms. The average molecular weight is 271 g/mol. The topological polar surface area (TPSA) is 12.0 Å². The molecular weight excluding hydrogens is 249 g/mol. The van der Waals surface area contributed by atoms with Crippen LogP contribution in [0.1, 0.15) is 40.8 Å². The third kappa shape index (κ3) is 3.26. The molecule has 1 N–H and O–H groups in total. The van der Waals surface area contributed by atoms with Crippen LogP contribution in [0.5, 0.6) is 0 Å². The molecule has 0 aliphatic rings. The lowest BCUT2D eigenvalue weighted by molar-refractivity contribution is 0.527. The van der Waals surface area contributed by atoms with Gasteiger partial charge in [0.15, 0.2) is 0 Å². The Labute approximate surface area is 120 Å². The Morgan fingerprint density at radius 3 is 2.25 bits per heavy atom. The van der Waals surface area contributed by atoms with Crippen molar-refractivity contribution < 1.29 is 4.39 Å². The maximum Gasteiger partial charge on any atom is 0.127 e. The second kappa shape index (κ2) is 6.19. The van der Waals surface area contributed by atoms with Gasteiger partial charge in [-0.2, -0.15) is 0 Å². The standard InChI is InChI=1S/C18H22FN/c1-12-9-13(2)17(14(3)10-12)11-20-15(4)16-7-5-6-8-18(16)19/h5-10,15,20H,11H2,1-4H3. The Balaban J connectivity index is 2.12. The zero-order chi connectivity index (χ0) is 14.7. The van der Waals surface area contributed by atoms with E-state index in [0.29, 0.717) is 0 Å². The molecule has 0 aliphatic carbocycles. The molecule has 0 fully saturated rings. The van der Waals surface area contributed by atoms with Crippen LogP contribution in [0.4, 0.5) is 4.39 Å². The van der Waals surface area contributed by atoms with Crippen LogP contribution in [-0.4, -0.2) is 0 Å². The molecule has 1 unspecified atom stereocenters. The van der Waals surface area contributed by atoms with Gasteiger partial charge in [0.05, 0.1) is 0 Å². The minimum Gasteiger partial charge on any atom is -0.306 e. The molecule has 0 amide bonds. The van der Waals surface area contributed by atoms with Crippen molar-refractivity contribution in [2.24, 2.45) is 0 Å². The van der Waals surface area contributed by atoms with Gasteiger partial charge in [0.2, 0.25) is 0 Å². The summed E-state index contributed by atoms with van der Waals surface area (Å²) < 4.78 is 13.7. The van der Waals surface area contributed by atoms with Gasteiger partial charge in [-0.15, -0.1) is 0 Å². The lowest BCUT2D eigenvalue weighted by Crippen LogP contribution is -2.20. The minimum atomic E-state index is -0.148. The molecule has 1 atom stereocenters. The van der Waals surface area contributed by atoms with Crippen LogP contribution >= 0.6 is 0 Å². The Morgan fingerprint density at radius 2 is 1.65 bits per heavy atom. The van der Waals surface area contributed by atoms with Crippen LogP contribution in [0, 0.1) is 26.6 Å². The SMILES string of the molecule is Cc1cc(C)c(CNC(C)c2ccccc2F)c(C)c1. The molecule has 2 heteroatoms. The van der Waals surface area contributed by atoms with Gasteiger partial charge in [0, 0.05) is 18.2 Å². The van der Waals surface area contributed by atoms with E-state index in [1.165, 1.54) is 28.3 Å². The summed E-state index contributed by atoms with van der Waals surface area (Å²) in [5.74, 6) is -0.148. The minimum absolute atomic E-state index is 0.00342. The monoisotopic (exact) mass is 271 g/mol.